The van der Waals surface area contributed by atoms with Crippen molar-refractivity contribution in [3.05, 3.63) is 113 Å². The third-order valence-electron chi connectivity index (χ3n) is 3.90. The van der Waals surface area contributed by atoms with Crippen LogP contribution in [0.5, 0.6) is 0 Å². The van der Waals surface area contributed by atoms with Crippen molar-refractivity contribution in [1.29, 1.82) is 0 Å². The van der Waals surface area contributed by atoms with Crippen LogP contribution >= 0.6 is 0 Å². The topological polar surface area (TPSA) is 26.3 Å². The van der Waals surface area contributed by atoms with Gasteiger partial charge in [-0.2, -0.15) is 0 Å². The summed E-state index contributed by atoms with van der Waals surface area (Å²) >= 11 is 0. The minimum absolute atomic E-state index is 0.347. The Balaban J connectivity index is 1.94. The maximum Gasteiger partial charge on any atom is 0.330 e. The van der Waals surface area contributed by atoms with Crippen molar-refractivity contribution in [3.63, 3.8) is 0 Å². The number of carbonyl (C=O) groups is 1. The van der Waals surface area contributed by atoms with E-state index in [4.69, 9.17) is 4.74 Å². The van der Waals surface area contributed by atoms with Crippen molar-refractivity contribution < 1.29 is 9.53 Å². The van der Waals surface area contributed by atoms with E-state index in [1.165, 1.54) is 6.08 Å². The molecule has 0 atom stereocenters. The number of hydrogen-bond donors (Lipinski definition) is 0. The number of hydrogen-bond acceptors (Lipinski definition) is 2. The number of ether oxygens (including phenoxy) is 1. The molecule has 0 saturated carbocycles. The fourth-order valence-corrected chi connectivity index (χ4v) is 2.58. The number of esters is 1. The van der Waals surface area contributed by atoms with Gasteiger partial charge in [0, 0.05) is 28.3 Å². The van der Waals surface area contributed by atoms with Crippen LogP contribution in [0, 0.1) is 23.7 Å². The second kappa shape index (κ2) is 10.4. The summed E-state index contributed by atoms with van der Waals surface area (Å²) in [7, 11) is 0. The van der Waals surface area contributed by atoms with E-state index < -0.39 is 0 Å². The maximum absolute atomic E-state index is 11.6. The molecule has 3 aromatic rings. The molecule has 0 aliphatic heterocycles. The highest BCUT2D eigenvalue weighted by Crippen LogP contribution is 2.12. The van der Waals surface area contributed by atoms with Gasteiger partial charge in [-0.3, -0.25) is 0 Å². The van der Waals surface area contributed by atoms with Gasteiger partial charge < -0.3 is 4.74 Å². The summed E-state index contributed by atoms with van der Waals surface area (Å²) in [5.74, 6) is 12.3. The summed E-state index contributed by atoms with van der Waals surface area (Å²) in [6.45, 7) is 2.13. The zero-order valence-corrected chi connectivity index (χ0v) is 16.2. The quantitative estimate of drug-likeness (QED) is 0.363. The molecule has 140 valence electrons. The summed E-state index contributed by atoms with van der Waals surface area (Å²) in [6, 6.07) is 25.4. The first-order valence-corrected chi connectivity index (χ1v) is 9.37. The molecule has 0 N–H and O–H groups in total. The normalized spacial score (nSPS) is 9.83. The molecule has 0 unspecified atom stereocenters. The molecule has 0 aliphatic carbocycles. The van der Waals surface area contributed by atoms with Crippen LogP contribution < -0.4 is 0 Å². The molecule has 29 heavy (non-hydrogen) atoms. The van der Waals surface area contributed by atoms with Crippen molar-refractivity contribution >= 4 is 12.0 Å². The first-order chi connectivity index (χ1) is 14.2. The highest BCUT2D eigenvalue weighted by atomic mass is 16.5. The Bertz CT molecular complexity index is 1040. The third-order valence-corrected chi connectivity index (χ3v) is 3.90. The van der Waals surface area contributed by atoms with Gasteiger partial charge in [0.25, 0.3) is 0 Å². The second-order valence-corrected chi connectivity index (χ2v) is 6.16. The Hall–Kier alpha value is -4.01. The van der Waals surface area contributed by atoms with Gasteiger partial charge in [-0.15, -0.1) is 0 Å². The smallest absolute Gasteiger partial charge is 0.330 e. The molecule has 0 bridgehead atoms. The lowest BCUT2D eigenvalue weighted by Gasteiger charge is -2.00. The lowest BCUT2D eigenvalue weighted by molar-refractivity contribution is -0.137. The van der Waals surface area contributed by atoms with Gasteiger partial charge in [-0.25, -0.2) is 4.79 Å². The molecule has 3 rings (SSSR count). The largest absolute Gasteiger partial charge is 0.463 e. The van der Waals surface area contributed by atoms with Gasteiger partial charge in [0.2, 0.25) is 0 Å². The molecular weight excluding hydrogens is 356 g/mol. The molecule has 0 aliphatic rings. The molecule has 0 saturated heterocycles. The Labute approximate surface area is 171 Å². The van der Waals surface area contributed by atoms with Crippen LogP contribution in [0.25, 0.3) is 6.08 Å². The summed E-state index contributed by atoms with van der Waals surface area (Å²) < 4.78 is 4.95. The summed E-state index contributed by atoms with van der Waals surface area (Å²) in [5, 5.41) is 0. The van der Waals surface area contributed by atoms with E-state index in [2.05, 4.69) is 23.7 Å². The van der Waals surface area contributed by atoms with E-state index in [1.807, 2.05) is 78.9 Å². The Morgan fingerprint density at radius 3 is 1.72 bits per heavy atom. The van der Waals surface area contributed by atoms with Crippen molar-refractivity contribution in [2.45, 2.75) is 6.92 Å². The van der Waals surface area contributed by atoms with Crippen molar-refractivity contribution in [2.75, 3.05) is 6.61 Å². The predicted molar refractivity (Wildman–Crippen MR) is 117 cm³/mol. The molecule has 0 heterocycles. The molecule has 2 nitrogen and oxygen atoms in total. The molecule has 0 aromatic heterocycles. The van der Waals surface area contributed by atoms with Crippen molar-refractivity contribution in [3.8, 4) is 23.7 Å². The minimum atomic E-state index is -0.370. The Morgan fingerprint density at radius 2 is 1.24 bits per heavy atom. The zero-order valence-electron chi connectivity index (χ0n) is 16.2. The molecule has 2 heteroatoms. The summed E-state index contributed by atoms with van der Waals surface area (Å²) in [4.78, 5) is 11.6. The Morgan fingerprint density at radius 1 is 0.759 bits per heavy atom. The number of benzene rings is 3. The van der Waals surface area contributed by atoms with E-state index in [9.17, 15) is 4.79 Å². The van der Waals surface area contributed by atoms with E-state index in [0.717, 1.165) is 27.8 Å². The highest BCUT2D eigenvalue weighted by molar-refractivity contribution is 5.87. The van der Waals surface area contributed by atoms with E-state index in [0.29, 0.717) is 6.61 Å². The zero-order chi connectivity index (χ0) is 20.3. The van der Waals surface area contributed by atoms with E-state index in [1.54, 1.807) is 13.0 Å². The first-order valence-electron chi connectivity index (χ1n) is 9.37. The van der Waals surface area contributed by atoms with Crippen LogP contribution in [0.1, 0.15) is 34.7 Å². The average molecular weight is 376 g/mol. The number of rotatable bonds is 3. The van der Waals surface area contributed by atoms with Gasteiger partial charge in [0.15, 0.2) is 0 Å². The van der Waals surface area contributed by atoms with Gasteiger partial charge in [-0.1, -0.05) is 60.1 Å². The van der Waals surface area contributed by atoms with Gasteiger partial charge in [0.05, 0.1) is 6.61 Å². The minimum Gasteiger partial charge on any atom is -0.463 e. The second-order valence-electron chi connectivity index (χ2n) is 6.16. The SMILES string of the molecule is CCOC(=O)C=Cc1cc(C#Cc2ccccc2)cc(C#Cc2ccccc2)c1. The first kappa shape index (κ1) is 19.7. The number of carbonyl (C=O) groups excluding carboxylic acids is 1. The monoisotopic (exact) mass is 376 g/mol. The van der Waals surface area contributed by atoms with Crippen LogP contribution in [-0.4, -0.2) is 12.6 Å². The van der Waals surface area contributed by atoms with Crippen molar-refractivity contribution in [2.24, 2.45) is 0 Å². The van der Waals surface area contributed by atoms with E-state index >= 15 is 0 Å². The maximum atomic E-state index is 11.6. The fraction of sp³-hybridized carbons (Fsp3) is 0.0741. The lowest BCUT2D eigenvalue weighted by Crippen LogP contribution is -1.98. The molecular formula is C27H20O2. The van der Waals surface area contributed by atoms with Crippen LogP contribution in [-0.2, 0) is 9.53 Å². The van der Waals surface area contributed by atoms with Crippen LogP contribution in [0.2, 0.25) is 0 Å². The van der Waals surface area contributed by atoms with Gasteiger partial charge in [0.1, 0.15) is 0 Å². The van der Waals surface area contributed by atoms with Crippen molar-refractivity contribution in [1.82, 2.24) is 0 Å². The summed E-state index contributed by atoms with van der Waals surface area (Å²) in [6.07, 6.45) is 3.14. The van der Waals surface area contributed by atoms with Crippen LogP contribution in [0.3, 0.4) is 0 Å². The Kier molecular flexibility index (Phi) is 7.05. The fourth-order valence-electron chi connectivity index (χ4n) is 2.58. The average Bonchev–Trinajstić information content (AvgIpc) is 2.76. The van der Waals surface area contributed by atoms with E-state index in [-0.39, 0.29) is 5.97 Å². The standard InChI is InChI=1S/C27H20O2/c1-2-29-27(28)18-17-26-20-24(15-13-22-9-5-3-6-10-22)19-25(21-26)16-14-23-11-7-4-8-12-23/h3-12,17-21H,2H2,1H3. The lowest BCUT2D eigenvalue weighted by atomic mass is 10.0. The molecule has 0 amide bonds. The third kappa shape index (κ3) is 6.58. The predicted octanol–water partition coefficient (Wildman–Crippen LogP) is 5.06. The van der Waals surface area contributed by atoms with Crippen LogP contribution in [0.15, 0.2) is 84.9 Å². The van der Waals surface area contributed by atoms with Gasteiger partial charge >= 0.3 is 5.97 Å². The molecule has 3 aromatic carbocycles. The summed E-state index contributed by atoms with van der Waals surface area (Å²) in [5.41, 5.74) is 4.39. The van der Waals surface area contributed by atoms with Crippen LogP contribution in [0.4, 0.5) is 0 Å². The molecule has 0 fully saturated rings. The molecule has 0 spiro atoms. The van der Waals surface area contributed by atoms with Gasteiger partial charge in [-0.05, 0) is 61.0 Å². The molecule has 0 radical (unpaired) electrons. The highest BCUT2D eigenvalue weighted by Gasteiger charge is 1.99.